The molecular formula is C14H12N2O3S. The lowest BCUT2D eigenvalue weighted by molar-refractivity contribution is -0.120. The third-order valence-corrected chi connectivity index (χ3v) is 3.92. The second-order valence-corrected chi connectivity index (χ2v) is 5.30. The summed E-state index contributed by atoms with van der Waals surface area (Å²) in [6.07, 6.45) is 0. The van der Waals surface area contributed by atoms with Gasteiger partial charge in [0.1, 0.15) is 5.75 Å². The number of hydrogen-bond donors (Lipinski definition) is 1. The minimum atomic E-state index is -0.161. The number of anilines is 2. The van der Waals surface area contributed by atoms with Crippen molar-refractivity contribution in [2.24, 2.45) is 0 Å². The Kier molecular flexibility index (Phi) is 3.15. The molecule has 0 atom stereocenters. The summed E-state index contributed by atoms with van der Waals surface area (Å²) in [5, 5.41) is 4.66. The molecule has 0 unspecified atom stereocenters. The summed E-state index contributed by atoms with van der Waals surface area (Å²) < 4.78 is 5.34. The average molecular weight is 288 g/mol. The van der Waals surface area contributed by atoms with E-state index in [-0.39, 0.29) is 18.4 Å². The molecule has 1 N–H and O–H groups in total. The molecule has 6 heteroatoms. The normalized spacial score (nSPS) is 13.7. The van der Waals surface area contributed by atoms with Crippen LogP contribution in [0.15, 0.2) is 35.7 Å². The van der Waals surface area contributed by atoms with E-state index >= 15 is 0 Å². The first-order valence-corrected chi connectivity index (χ1v) is 6.91. The highest BCUT2D eigenvalue weighted by molar-refractivity contribution is 7.12. The first kappa shape index (κ1) is 12.7. The van der Waals surface area contributed by atoms with E-state index in [0.717, 1.165) is 0 Å². The zero-order valence-electron chi connectivity index (χ0n) is 10.8. The molecule has 2 heterocycles. The fourth-order valence-electron chi connectivity index (χ4n) is 1.95. The second kappa shape index (κ2) is 4.97. The molecule has 1 aliphatic rings. The van der Waals surface area contributed by atoms with Crippen molar-refractivity contribution in [1.29, 1.82) is 0 Å². The maximum atomic E-state index is 12.0. The molecule has 102 valence electrons. The van der Waals surface area contributed by atoms with Crippen LogP contribution in [0.1, 0.15) is 9.67 Å². The van der Waals surface area contributed by atoms with Crippen LogP contribution < -0.4 is 15.0 Å². The van der Waals surface area contributed by atoms with Gasteiger partial charge < -0.3 is 15.0 Å². The number of carbonyl (C=O) groups excluding carboxylic acids is 2. The number of rotatable bonds is 2. The zero-order valence-corrected chi connectivity index (χ0v) is 11.6. The zero-order chi connectivity index (χ0) is 14.1. The molecule has 0 fully saturated rings. The van der Waals surface area contributed by atoms with Gasteiger partial charge in [0.2, 0.25) is 0 Å². The Labute approximate surface area is 119 Å². The van der Waals surface area contributed by atoms with Crippen molar-refractivity contribution in [3.63, 3.8) is 0 Å². The number of ether oxygens (including phenoxy) is 1. The van der Waals surface area contributed by atoms with Crippen LogP contribution >= 0.6 is 11.3 Å². The van der Waals surface area contributed by atoms with Gasteiger partial charge in [-0.15, -0.1) is 11.3 Å². The molecule has 0 radical (unpaired) electrons. The van der Waals surface area contributed by atoms with Crippen molar-refractivity contribution >= 4 is 34.5 Å². The van der Waals surface area contributed by atoms with E-state index in [1.54, 1.807) is 31.3 Å². The van der Waals surface area contributed by atoms with Crippen LogP contribution in [-0.4, -0.2) is 25.5 Å². The smallest absolute Gasteiger partial charge is 0.265 e. The monoisotopic (exact) mass is 288 g/mol. The number of nitrogens with zero attached hydrogens (tertiary/aromatic N) is 1. The summed E-state index contributed by atoms with van der Waals surface area (Å²) in [5.74, 6) is 0.367. The maximum absolute atomic E-state index is 12.0. The molecule has 1 aromatic carbocycles. The third kappa shape index (κ3) is 2.25. The molecule has 1 aliphatic heterocycles. The molecule has 2 aromatic rings. The number of hydrogen-bond acceptors (Lipinski definition) is 4. The SMILES string of the molecule is CN1C(=O)COc2ccc(NC(=O)c3cccs3)cc21. The van der Waals surface area contributed by atoms with Crippen LogP contribution in [0.3, 0.4) is 0 Å². The van der Waals surface area contributed by atoms with Crippen molar-refractivity contribution in [3.8, 4) is 5.75 Å². The van der Waals surface area contributed by atoms with Crippen LogP contribution in [-0.2, 0) is 4.79 Å². The molecular weight excluding hydrogens is 276 g/mol. The van der Waals surface area contributed by atoms with Gasteiger partial charge >= 0.3 is 0 Å². The summed E-state index contributed by atoms with van der Waals surface area (Å²) in [5.41, 5.74) is 1.29. The Morgan fingerprint density at radius 1 is 1.40 bits per heavy atom. The van der Waals surface area contributed by atoms with E-state index in [2.05, 4.69) is 5.32 Å². The number of thiophene rings is 1. The van der Waals surface area contributed by atoms with Gasteiger partial charge in [-0.2, -0.15) is 0 Å². The Hall–Kier alpha value is -2.34. The molecule has 5 nitrogen and oxygen atoms in total. The van der Waals surface area contributed by atoms with Gasteiger partial charge in [-0.25, -0.2) is 0 Å². The largest absolute Gasteiger partial charge is 0.482 e. The van der Waals surface area contributed by atoms with Gasteiger partial charge in [-0.3, -0.25) is 9.59 Å². The molecule has 1 aromatic heterocycles. The van der Waals surface area contributed by atoms with E-state index in [1.165, 1.54) is 16.2 Å². The van der Waals surface area contributed by atoms with Crippen molar-refractivity contribution in [2.45, 2.75) is 0 Å². The van der Waals surface area contributed by atoms with Crippen molar-refractivity contribution in [1.82, 2.24) is 0 Å². The molecule has 0 bridgehead atoms. The van der Waals surface area contributed by atoms with Crippen molar-refractivity contribution in [2.75, 3.05) is 23.9 Å². The summed E-state index contributed by atoms with van der Waals surface area (Å²) in [7, 11) is 1.69. The predicted molar refractivity (Wildman–Crippen MR) is 77.6 cm³/mol. The van der Waals surface area contributed by atoms with E-state index in [0.29, 0.717) is 22.0 Å². The van der Waals surface area contributed by atoms with Crippen LogP contribution in [0.5, 0.6) is 5.75 Å². The number of nitrogens with one attached hydrogen (secondary N) is 1. The lowest BCUT2D eigenvalue weighted by Crippen LogP contribution is -2.35. The van der Waals surface area contributed by atoms with Crippen LogP contribution in [0.25, 0.3) is 0 Å². The summed E-state index contributed by atoms with van der Waals surface area (Å²) >= 11 is 1.38. The Morgan fingerprint density at radius 3 is 3.00 bits per heavy atom. The Morgan fingerprint density at radius 2 is 2.25 bits per heavy atom. The molecule has 0 aliphatic carbocycles. The summed E-state index contributed by atoms with van der Waals surface area (Å²) in [4.78, 5) is 25.7. The van der Waals surface area contributed by atoms with Gasteiger partial charge in [-0.05, 0) is 29.6 Å². The van der Waals surface area contributed by atoms with Crippen molar-refractivity contribution in [3.05, 3.63) is 40.6 Å². The fourth-order valence-corrected chi connectivity index (χ4v) is 2.57. The first-order valence-electron chi connectivity index (χ1n) is 6.03. The number of fused-ring (bicyclic) bond motifs is 1. The lowest BCUT2D eigenvalue weighted by atomic mass is 10.2. The van der Waals surface area contributed by atoms with Gasteiger partial charge in [0.25, 0.3) is 11.8 Å². The lowest BCUT2D eigenvalue weighted by Gasteiger charge is -2.26. The van der Waals surface area contributed by atoms with Gasteiger partial charge in [0.15, 0.2) is 6.61 Å². The molecule has 2 amide bonds. The second-order valence-electron chi connectivity index (χ2n) is 4.36. The molecule has 0 saturated heterocycles. The molecule has 3 rings (SSSR count). The number of benzene rings is 1. The van der Waals surface area contributed by atoms with Crippen LogP contribution in [0.2, 0.25) is 0 Å². The minimum Gasteiger partial charge on any atom is -0.482 e. The first-order chi connectivity index (χ1) is 9.65. The van der Waals surface area contributed by atoms with Gasteiger partial charge in [-0.1, -0.05) is 6.07 Å². The average Bonchev–Trinajstić information content (AvgIpc) is 2.98. The fraction of sp³-hybridized carbons (Fsp3) is 0.143. The highest BCUT2D eigenvalue weighted by Crippen LogP contribution is 2.33. The Balaban J connectivity index is 1.85. The van der Waals surface area contributed by atoms with Crippen LogP contribution in [0, 0.1) is 0 Å². The standard InChI is InChI=1S/C14H12N2O3S/c1-16-10-7-9(4-5-11(10)19-8-13(16)17)15-14(18)12-3-2-6-20-12/h2-7H,8H2,1H3,(H,15,18). The highest BCUT2D eigenvalue weighted by Gasteiger charge is 2.22. The predicted octanol–water partition coefficient (Wildman–Crippen LogP) is 2.36. The number of likely N-dealkylation sites (N-methyl/N-ethyl adjacent to an activating group) is 1. The quantitative estimate of drug-likeness (QED) is 0.923. The summed E-state index contributed by atoms with van der Waals surface area (Å²) in [6, 6.07) is 8.83. The van der Waals surface area contributed by atoms with Crippen LogP contribution in [0.4, 0.5) is 11.4 Å². The maximum Gasteiger partial charge on any atom is 0.265 e. The molecule has 20 heavy (non-hydrogen) atoms. The van der Waals surface area contributed by atoms with Gasteiger partial charge in [0.05, 0.1) is 10.6 Å². The molecule has 0 saturated carbocycles. The van der Waals surface area contributed by atoms with E-state index in [9.17, 15) is 9.59 Å². The molecule has 0 spiro atoms. The van der Waals surface area contributed by atoms with E-state index in [1.807, 2.05) is 11.4 Å². The van der Waals surface area contributed by atoms with E-state index in [4.69, 9.17) is 4.74 Å². The van der Waals surface area contributed by atoms with Gasteiger partial charge in [0, 0.05) is 12.7 Å². The topological polar surface area (TPSA) is 58.6 Å². The van der Waals surface area contributed by atoms with Crippen molar-refractivity contribution < 1.29 is 14.3 Å². The Bertz CT molecular complexity index is 667. The van der Waals surface area contributed by atoms with E-state index < -0.39 is 0 Å². The number of carbonyl (C=O) groups is 2. The highest BCUT2D eigenvalue weighted by atomic mass is 32.1. The minimum absolute atomic E-state index is 0.0460. The third-order valence-electron chi connectivity index (χ3n) is 3.05. The number of amides is 2. The summed E-state index contributed by atoms with van der Waals surface area (Å²) in [6.45, 7) is 0.0460.